The number of hydrogen-bond donors (Lipinski definition) is 2. The van der Waals surface area contributed by atoms with Crippen molar-refractivity contribution in [1.82, 2.24) is 20.3 Å². The molecule has 0 unspecified atom stereocenters. The van der Waals surface area contributed by atoms with E-state index in [0.29, 0.717) is 22.3 Å². The molecule has 4 rings (SSSR count). The largest absolute Gasteiger partial charge is 0.480 e. The molecule has 1 atom stereocenters. The minimum absolute atomic E-state index is 0.0249. The van der Waals surface area contributed by atoms with Gasteiger partial charge in [-0.25, -0.2) is 9.78 Å². The summed E-state index contributed by atoms with van der Waals surface area (Å²) in [4.78, 5) is 37.4. The summed E-state index contributed by atoms with van der Waals surface area (Å²) in [6.07, 6.45) is 3.15. The quantitative estimate of drug-likeness (QED) is 0.558. The second-order valence-electron chi connectivity index (χ2n) is 6.30. The first kappa shape index (κ1) is 17.5. The van der Waals surface area contributed by atoms with Gasteiger partial charge in [-0.15, -0.1) is 0 Å². The highest BCUT2D eigenvalue weighted by Gasteiger charge is 2.23. The number of pyridine rings is 1. The summed E-state index contributed by atoms with van der Waals surface area (Å²) in [5.74, 6) is -1.64. The second kappa shape index (κ2) is 7.40. The molecule has 0 saturated carbocycles. The van der Waals surface area contributed by atoms with Gasteiger partial charge in [-0.1, -0.05) is 30.3 Å². The van der Waals surface area contributed by atoms with Gasteiger partial charge in [0.25, 0.3) is 5.91 Å². The van der Waals surface area contributed by atoms with Crippen LogP contribution in [0.25, 0.3) is 21.9 Å². The number of fused-ring (bicyclic) bond motifs is 2. The summed E-state index contributed by atoms with van der Waals surface area (Å²) < 4.78 is 0. The summed E-state index contributed by atoms with van der Waals surface area (Å²) >= 11 is 0. The SMILES string of the molecule is O=C(N[C@H](Cc1cnc2ccccc2n1)C(=O)O)c1cccc2cccnc12. The Morgan fingerprint density at radius 3 is 2.57 bits per heavy atom. The lowest BCUT2D eigenvalue weighted by Gasteiger charge is -2.15. The molecule has 0 saturated heterocycles. The molecular weight excluding hydrogens is 356 g/mol. The van der Waals surface area contributed by atoms with Crippen LogP contribution in [0.5, 0.6) is 0 Å². The van der Waals surface area contributed by atoms with E-state index in [0.717, 1.165) is 10.9 Å². The average Bonchev–Trinajstić information content (AvgIpc) is 2.72. The summed E-state index contributed by atoms with van der Waals surface area (Å²) in [5, 5.41) is 13.0. The zero-order valence-electron chi connectivity index (χ0n) is 14.7. The molecule has 28 heavy (non-hydrogen) atoms. The lowest BCUT2D eigenvalue weighted by atomic mass is 10.1. The lowest BCUT2D eigenvalue weighted by molar-refractivity contribution is -0.139. The maximum absolute atomic E-state index is 12.7. The third-order valence-corrected chi connectivity index (χ3v) is 4.39. The molecule has 7 heteroatoms. The van der Waals surface area contributed by atoms with Gasteiger partial charge in [0.05, 0.1) is 27.8 Å². The summed E-state index contributed by atoms with van der Waals surface area (Å²) in [5.41, 5.74) is 2.74. The van der Waals surface area contributed by atoms with Gasteiger partial charge in [0.15, 0.2) is 0 Å². The van der Waals surface area contributed by atoms with Crippen molar-refractivity contribution in [2.75, 3.05) is 0 Å². The van der Waals surface area contributed by atoms with Crippen molar-refractivity contribution in [3.63, 3.8) is 0 Å². The molecule has 0 radical (unpaired) electrons. The highest BCUT2D eigenvalue weighted by molar-refractivity contribution is 6.06. The van der Waals surface area contributed by atoms with E-state index in [1.54, 1.807) is 24.4 Å². The third kappa shape index (κ3) is 3.50. The van der Waals surface area contributed by atoms with Gasteiger partial charge in [0, 0.05) is 24.2 Å². The van der Waals surface area contributed by atoms with Crippen molar-refractivity contribution < 1.29 is 14.7 Å². The standard InChI is InChI=1S/C21H16N4O3/c26-20(15-7-3-5-13-6-4-10-22-19(13)15)25-18(21(27)28)11-14-12-23-16-8-1-2-9-17(16)24-14/h1-10,12,18H,11H2,(H,25,26)(H,27,28)/t18-/m1/s1. The van der Waals surface area contributed by atoms with E-state index in [1.807, 2.05) is 36.4 Å². The monoisotopic (exact) mass is 372 g/mol. The molecule has 0 spiro atoms. The van der Waals surface area contributed by atoms with E-state index in [1.165, 1.54) is 6.20 Å². The molecule has 0 aliphatic rings. The van der Waals surface area contributed by atoms with Gasteiger partial charge in [0.1, 0.15) is 6.04 Å². The number of carboxylic acid groups (broad SMARTS) is 1. The predicted molar refractivity (Wildman–Crippen MR) is 104 cm³/mol. The Bertz CT molecular complexity index is 1190. The van der Waals surface area contributed by atoms with Crippen LogP contribution in [0, 0.1) is 0 Å². The molecule has 2 aromatic carbocycles. The van der Waals surface area contributed by atoms with Crippen LogP contribution in [-0.4, -0.2) is 38.0 Å². The zero-order chi connectivity index (χ0) is 19.5. The fourth-order valence-electron chi connectivity index (χ4n) is 3.03. The molecule has 0 aliphatic carbocycles. The minimum Gasteiger partial charge on any atom is -0.480 e. The van der Waals surface area contributed by atoms with E-state index >= 15 is 0 Å². The fraction of sp³-hybridized carbons (Fsp3) is 0.0952. The van der Waals surface area contributed by atoms with Crippen LogP contribution in [-0.2, 0) is 11.2 Å². The zero-order valence-corrected chi connectivity index (χ0v) is 14.7. The minimum atomic E-state index is -1.14. The molecule has 4 aromatic rings. The van der Waals surface area contributed by atoms with Gasteiger partial charge in [-0.2, -0.15) is 0 Å². The van der Waals surface area contributed by atoms with Gasteiger partial charge < -0.3 is 10.4 Å². The molecule has 2 N–H and O–H groups in total. The van der Waals surface area contributed by atoms with Gasteiger partial charge in [-0.3, -0.25) is 14.8 Å². The Hall–Kier alpha value is -3.87. The van der Waals surface area contributed by atoms with Gasteiger partial charge in [-0.05, 0) is 24.3 Å². The molecule has 2 heterocycles. The third-order valence-electron chi connectivity index (χ3n) is 4.39. The van der Waals surface area contributed by atoms with Crippen LogP contribution < -0.4 is 5.32 Å². The molecule has 7 nitrogen and oxygen atoms in total. The first-order chi connectivity index (χ1) is 13.6. The number of benzene rings is 2. The molecular formula is C21H16N4O3. The maximum atomic E-state index is 12.7. The van der Waals surface area contributed by atoms with Crippen molar-refractivity contribution in [3.05, 3.63) is 78.2 Å². The van der Waals surface area contributed by atoms with Crippen LogP contribution in [0.4, 0.5) is 0 Å². The first-order valence-electron chi connectivity index (χ1n) is 8.70. The second-order valence-corrected chi connectivity index (χ2v) is 6.30. The number of nitrogens with zero attached hydrogens (tertiary/aromatic N) is 3. The topological polar surface area (TPSA) is 105 Å². The highest BCUT2D eigenvalue weighted by Crippen LogP contribution is 2.16. The Kier molecular flexibility index (Phi) is 4.63. The van der Waals surface area contributed by atoms with Crippen LogP contribution in [0.15, 0.2) is 67.0 Å². The number of carbonyl (C=O) groups excluding carboxylic acids is 1. The van der Waals surface area contributed by atoms with E-state index in [9.17, 15) is 14.7 Å². The van der Waals surface area contributed by atoms with E-state index < -0.39 is 17.9 Å². The van der Waals surface area contributed by atoms with Crippen LogP contribution in [0.2, 0.25) is 0 Å². The molecule has 0 aliphatic heterocycles. The number of amides is 1. The van der Waals surface area contributed by atoms with Crippen molar-refractivity contribution in [2.24, 2.45) is 0 Å². The number of hydrogen-bond acceptors (Lipinski definition) is 5. The molecule has 1 amide bonds. The number of rotatable bonds is 5. The van der Waals surface area contributed by atoms with Crippen LogP contribution in [0.1, 0.15) is 16.1 Å². The molecule has 2 aromatic heterocycles. The predicted octanol–water partition coefficient (Wildman–Crippen LogP) is 2.60. The Labute approximate surface area is 160 Å². The number of para-hydroxylation sites is 3. The van der Waals surface area contributed by atoms with E-state index in [-0.39, 0.29) is 6.42 Å². The first-order valence-corrected chi connectivity index (χ1v) is 8.70. The Balaban J connectivity index is 1.59. The molecule has 138 valence electrons. The maximum Gasteiger partial charge on any atom is 0.326 e. The van der Waals surface area contributed by atoms with Crippen molar-refractivity contribution in [2.45, 2.75) is 12.5 Å². The fourth-order valence-corrected chi connectivity index (χ4v) is 3.03. The summed E-state index contributed by atoms with van der Waals surface area (Å²) in [6.45, 7) is 0. The highest BCUT2D eigenvalue weighted by atomic mass is 16.4. The van der Waals surface area contributed by atoms with Crippen molar-refractivity contribution in [1.29, 1.82) is 0 Å². The summed E-state index contributed by atoms with van der Waals surface area (Å²) in [7, 11) is 0. The average molecular weight is 372 g/mol. The van der Waals surface area contributed by atoms with Gasteiger partial charge in [0.2, 0.25) is 0 Å². The summed E-state index contributed by atoms with van der Waals surface area (Å²) in [6, 6.07) is 15.0. The van der Waals surface area contributed by atoms with E-state index in [2.05, 4.69) is 20.3 Å². The smallest absolute Gasteiger partial charge is 0.326 e. The van der Waals surface area contributed by atoms with Crippen LogP contribution in [0.3, 0.4) is 0 Å². The number of carbonyl (C=O) groups is 2. The van der Waals surface area contributed by atoms with Crippen LogP contribution >= 0.6 is 0 Å². The molecule has 0 fully saturated rings. The number of nitrogens with one attached hydrogen (secondary N) is 1. The Morgan fingerprint density at radius 1 is 0.964 bits per heavy atom. The number of aromatic nitrogens is 3. The normalized spacial score (nSPS) is 12.0. The van der Waals surface area contributed by atoms with E-state index in [4.69, 9.17) is 0 Å². The van der Waals surface area contributed by atoms with Gasteiger partial charge >= 0.3 is 5.97 Å². The van der Waals surface area contributed by atoms with Crippen molar-refractivity contribution in [3.8, 4) is 0 Å². The lowest BCUT2D eigenvalue weighted by Crippen LogP contribution is -2.42. The molecule has 0 bridgehead atoms. The van der Waals surface area contributed by atoms with Crippen molar-refractivity contribution >= 4 is 33.8 Å². The number of aliphatic carboxylic acids is 1. The number of carboxylic acids is 1. The Morgan fingerprint density at radius 2 is 1.75 bits per heavy atom.